The molecular formula is C103H107BBr2F4N14O12. The second-order valence-corrected chi connectivity index (χ2v) is 36.9. The molecule has 0 unspecified atom stereocenters. The van der Waals surface area contributed by atoms with Gasteiger partial charge in [-0.1, -0.05) is 6.07 Å². The lowest BCUT2D eigenvalue weighted by Crippen LogP contribution is -2.42. The van der Waals surface area contributed by atoms with E-state index in [1.54, 1.807) is 139 Å². The predicted molar refractivity (Wildman–Crippen MR) is 521 cm³/mol. The summed E-state index contributed by atoms with van der Waals surface area (Å²) < 4.78 is 99.8. The number of primary amides is 1. The molecule has 706 valence electrons. The Kier molecular flexibility index (Phi) is 34.1. The minimum Gasteiger partial charge on any atom is -0.489 e. The number of hydrogen-bond donors (Lipinski definition) is 3. The minimum atomic E-state index is -0.566. The number of hydrogen-bond acceptors (Lipinski definition) is 22. The van der Waals surface area contributed by atoms with Gasteiger partial charge in [0.15, 0.2) is 0 Å². The van der Waals surface area contributed by atoms with Crippen molar-refractivity contribution in [1.82, 2.24) is 44.9 Å². The summed E-state index contributed by atoms with van der Waals surface area (Å²) >= 11 is 6.61. The predicted octanol–water partition coefficient (Wildman–Crippen LogP) is 21.4. The molecule has 4 N–H and O–H groups in total. The van der Waals surface area contributed by atoms with Gasteiger partial charge in [-0.15, -0.1) is 0 Å². The van der Waals surface area contributed by atoms with Crippen LogP contribution in [0, 0.1) is 23.3 Å². The molecule has 1 saturated heterocycles. The first-order chi connectivity index (χ1) is 65.2. The van der Waals surface area contributed by atoms with Gasteiger partial charge in [0.1, 0.15) is 107 Å². The highest BCUT2D eigenvalue weighted by Crippen LogP contribution is 2.40. The summed E-state index contributed by atoms with van der Waals surface area (Å²) in [5.74, 6) is 4.22. The van der Waals surface area contributed by atoms with Crippen molar-refractivity contribution < 1.29 is 74.8 Å². The quantitative estimate of drug-likeness (QED) is 0.0563. The van der Waals surface area contributed by atoms with Crippen LogP contribution in [-0.2, 0) is 77.5 Å². The summed E-state index contributed by atoms with van der Waals surface area (Å²) in [5.41, 5.74) is 19.1. The second kappa shape index (κ2) is 46.3. The molecule has 4 amide bonds. The maximum absolute atomic E-state index is 13.1. The molecule has 13 aromatic rings. The summed E-state index contributed by atoms with van der Waals surface area (Å²) in [6.45, 7) is 23.5. The van der Waals surface area contributed by atoms with E-state index < -0.39 is 35.6 Å². The Balaban J connectivity index is 0.000000142. The van der Waals surface area contributed by atoms with E-state index in [9.17, 15) is 31.9 Å². The third-order valence-electron chi connectivity index (χ3n) is 22.4. The van der Waals surface area contributed by atoms with Crippen LogP contribution in [0.2, 0.25) is 0 Å². The van der Waals surface area contributed by atoms with Gasteiger partial charge in [-0.25, -0.2) is 51.9 Å². The molecule has 26 nitrogen and oxygen atoms in total. The lowest BCUT2D eigenvalue weighted by molar-refractivity contribution is 0.00578. The highest BCUT2D eigenvalue weighted by Gasteiger charge is 2.52. The normalized spacial score (nSPS) is 14.2. The summed E-state index contributed by atoms with van der Waals surface area (Å²) in [4.78, 5) is 80.2. The van der Waals surface area contributed by atoms with Crippen LogP contribution in [-0.4, -0.2) is 124 Å². The SMILES string of the molecule is CC(C)(C)OC(=O)N1CCCc2cc(-c3cnccc3COc3ccc(F)cc3)cnc21.CC(C)(C)OC(=O)N1CCCc2cc(B3OC(C)(C)C(C)(C)O3)cnc21.Fc1ccc(OCc2ccncc2-c2cnc3c(c2)CCCN3)cc1.Fc1ccc(OCc2ccncc2Br)cc1.NC(=O)N1CCCc2cc(-c3cnccc3COc3ccc(F)cc3)cnc21.OCc1ccncc1Br. The van der Waals surface area contributed by atoms with Crippen LogP contribution in [0.5, 0.6) is 23.0 Å². The molecule has 0 saturated carbocycles. The number of halogens is 6. The van der Waals surface area contributed by atoms with Gasteiger partial charge in [-0.3, -0.25) is 39.6 Å². The Morgan fingerprint density at radius 1 is 0.426 bits per heavy atom. The number of nitrogens with one attached hydrogen (secondary N) is 1. The van der Waals surface area contributed by atoms with Crippen molar-refractivity contribution in [2.75, 3.05) is 46.2 Å². The average Bonchev–Trinajstić information content (AvgIpc) is 1.60. The summed E-state index contributed by atoms with van der Waals surface area (Å²) in [6.07, 6.45) is 30.9. The number of anilines is 4. The number of aromatic nitrogens is 9. The molecule has 14 heterocycles. The van der Waals surface area contributed by atoms with Crippen molar-refractivity contribution in [3.05, 3.63) is 321 Å². The average molecular weight is 1980 g/mol. The number of nitrogens with zero attached hydrogens (tertiary/aromatic N) is 12. The molecule has 0 bridgehead atoms. The van der Waals surface area contributed by atoms with Gasteiger partial charge in [-0.05, 0) is 326 Å². The Hall–Kier alpha value is -13.3. The molecule has 0 atom stereocenters. The number of rotatable bonds is 17. The van der Waals surface area contributed by atoms with Crippen molar-refractivity contribution in [3.8, 4) is 56.4 Å². The number of pyridine rings is 9. The largest absolute Gasteiger partial charge is 0.496 e. The summed E-state index contributed by atoms with van der Waals surface area (Å²) in [5, 5.41) is 12.0. The molecule has 0 radical (unpaired) electrons. The first-order valence-electron chi connectivity index (χ1n) is 44.4. The third kappa shape index (κ3) is 27.7. The number of fused-ring (bicyclic) bond motifs is 4. The molecule has 5 aliphatic heterocycles. The molecule has 136 heavy (non-hydrogen) atoms. The van der Waals surface area contributed by atoms with Gasteiger partial charge in [0.2, 0.25) is 0 Å². The van der Waals surface area contributed by atoms with Crippen molar-refractivity contribution in [3.63, 3.8) is 0 Å². The zero-order chi connectivity index (χ0) is 96.7. The number of urea groups is 1. The number of nitrogens with two attached hydrogens (primary N) is 1. The fourth-order valence-electron chi connectivity index (χ4n) is 14.8. The molecular weight excluding hydrogens is 1870 g/mol. The van der Waals surface area contributed by atoms with Crippen molar-refractivity contribution in [2.24, 2.45) is 5.73 Å². The van der Waals surface area contributed by atoms with Gasteiger partial charge in [-0.2, -0.15) is 0 Å². The van der Waals surface area contributed by atoms with Crippen LogP contribution in [0.1, 0.15) is 145 Å². The van der Waals surface area contributed by atoms with E-state index in [2.05, 4.69) is 94.2 Å². The maximum Gasteiger partial charge on any atom is 0.496 e. The zero-order valence-electron chi connectivity index (χ0n) is 77.3. The standard InChI is InChI=1S/C25H26FN3O3.C21H19FN4O2.C20H18FN3O.C19H29BN2O4.C12H9BrFNO.C6H6BrNO/c1-25(2,3)32-24(30)29-12-4-5-17-13-19(14-28-23(17)29)22-15-27-11-10-18(22)16-31-21-8-6-20(26)7-9-21;22-17-3-5-18(6-4-17)28-13-15-7-8-24-12-19(15)16-10-14-2-1-9-26(21(23)27)20(14)25-11-16;21-17-3-5-18(6-4-17)25-13-15-7-9-22-12-19(15)16-10-14-2-1-8-23-20(14)24-11-16;1-17(2,3)24-16(23)22-10-8-9-13-11-14(12-21-15(13)22)20-25-18(4,5)19(6,7)26-20;13-12-7-15-6-5-9(12)8-16-11-3-1-10(14)2-4-11;7-6-3-8-2-1-5(6)4-9/h6-11,13-15H,4-5,12,16H2,1-3H3;3-8,10-12H,1-2,9,13H2,(H2,23,27);3-7,9-12H,1-2,8,13H2,(H,23,24);11-12H,8-10H2,1-7H3;1-7H,8H2;1-3,9H,4H2. The fourth-order valence-corrected chi connectivity index (χ4v) is 15.5. The number of carbonyl (C=O) groups is 3. The van der Waals surface area contributed by atoms with Crippen LogP contribution < -0.4 is 50.2 Å². The maximum atomic E-state index is 13.1. The first-order valence-corrected chi connectivity index (χ1v) is 46.0. The van der Waals surface area contributed by atoms with E-state index in [4.69, 9.17) is 48.6 Å². The summed E-state index contributed by atoms with van der Waals surface area (Å²) in [7, 11) is -0.449. The van der Waals surface area contributed by atoms with Gasteiger partial charge >= 0.3 is 25.3 Å². The van der Waals surface area contributed by atoms with Crippen LogP contribution >= 0.6 is 31.9 Å². The molecule has 1 fully saturated rings. The molecule has 33 heteroatoms. The number of benzene rings is 4. The first kappa shape index (κ1) is 100. The number of ether oxygens (including phenoxy) is 6. The Bertz CT molecular complexity index is 6240. The minimum absolute atomic E-state index is 0.0586. The second-order valence-electron chi connectivity index (χ2n) is 35.2. The van der Waals surface area contributed by atoms with Gasteiger partial charge in [0, 0.05) is 183 Å². The van der Waals surface area contributed by atoms with Crippen molar-refractivity contribution in [2.45, 2.75) is 176 Å². The topological polar surface area (TPSA) is 309 Å². The van der Waals surface area contributed by atoms with E-state index in [-0.39, 0.29) is 42.1 Å². The highest BCUT2D eigenvalue weighted by molar-refractivity contribution is 9.10. The summed E-state index contributed by atoms with van der Waals surface area (Å²) in [6, 6.07) is 41.0. The molecule has 9 aromatic heterocycles. The van der Waals surface area contributed by atoms with Crippen LogP contribution in [0.15, 0.2) is 247 Å². The molecule has 18 rings (SSSR count). The Morgan fingerprint density at radius 2 is 0.750 bits per heavy atom. The van der Waals surface area contributed by atoms with Crippen molar-refractivity contribution in [1.29, 1.82) is 0 Å². The Morgan fingerprint density at radius 3 is 1.12 bits per heavy atom. The van der Waals surface area contributed by atoms with E-state index in [0.717, 1.165) is 156 Å². The zero-order valence-corrected chi connectivity index (χ0v) is 80.4. The number of aliphatic hydroxyl groups is 1. The highest BCUT2D eigenvalue weighted by atomic mass is 79.9. The molecule has 0 aliphatic carbocycles. The van der Waals surface area contributed by atoms with E-state index >= 15 is 0 Å². The lowest BCUT2D eigenvalue weighted by atomic mass is 9.79. The molecule has 5 aliphatic rings. The van der Waals surface area contributed by atoms with Crippen LogP contribution in [0.4, 0.5) is 55.2 Å². The number of aryl methyl sites for hydroxylation is 4. The number of carbonyl (C=O) groups excluding carboxylic acids is 3. The monoisotopic (exact) mass is 1980 g/mol. The van der Waals surface area contributed by atoms with Crippen LogP contribution in [0.25, 0.3) is 33.4 Å². The molecule has 4 aromatic carbocycles. The lowest BCUT2D eigenvalue weighted by Gasteiger charge is -2.32. The van der Waals surface area contributed by atoms with Crippen LogP contribution in [0.3, 0.4) is 0 Å². The number of amides is 4. The fraction of sp³-hybridized carbons (Fsp3) is 0.301. The van der Waals surface area contributed by atoms with Gasteiger partial charge in [0.05, 0.1) is 17.8 Å². The number of aliphatic hydroxyl groups excluding tert-OH is 1. The van der Waals surface area contributed by atoms with Crippen molar-refractivity contribution >= 4 is 85.9 Å². The third-order valence-corrected chi connectivity index (χ3v) is 23.8. The van der Waals surface area contributed by atoms with Gasteiger partial charge < -0.3 is 53.9 Å². The van der Waals surface area contributed by atoms with Gasteiger partial charge in [0.25, 0.3) is 0 Å². The smallest absolute Gasteiger partial charge is 0.489 e. The Labute approximate surface area is 805 Å². The van der Waals surface area contributed by atoms with E-state index in [1.807, 2.05) is 118 Å². The van der Waals surface area contributed by atoms with E-state index in [0.29, 0.717) is 86.5 Å². The molecule has 0 spiro atoms. The van der Waals surface area contributed by atoms with E-state index in [1.165, 1.54) is 59.0 Å².